The molecule has 0 amide bonds. The highest BCUT2D eigenvalue weighted by Gasteiger charge is 2.18. The number of methoxy groups -OCH3 is 3. The van der Waals surface area contributed by atoms with Gasteiger partial charge in [-0.1, -0.05) is 26.0 Å². The first-order chi connectivity index (χ1) is 17.3. The van der Waals surface area contributed by atoms with E-state index in [0.29, 0.717) is 28.2 Å². The zero-order chi connectivity index (χ0) is 26.0. The van der Waals surface area contributed by atoms with Gasteiger partial charge in [0.05, 0.1) is 42.0 Å². The van der Waals surface area contributed by atoms with Crippen molar-refractivity contribution in [3.8, 4) is 28.6 Å². The van der Waals surface area contributed by atoms with E-state index in [4.69, 9.17) is 19.2 Å². The molecule has 0 fully saturated rings. The number of aryl methyl sites for hydroxylation is 1. The third-order valence-electron chi connectivity index (χ3n) is 5.97. The molecule has 0 atom stereocenters. The Morgan fingerprint density at radius 3 is 2.39 bits per heavy atom. The minimum atomic E-state index is -0.247. The standard InChI is InChI=1S/C28H28IN3O4/c1-16(2)20-14-21(17(3)11-24(20)34-4)27-31-23-10-8-7-9-19(23)28(33)32(27)30-15-18-12-22(29)26(36-6)25(13-18)35-5/h7-16H,1-6H3. The summed E-state index contributed by atoms with van der Waals surface area (Å²) < 4.78 is 18.8. The number of benzene rings is 3. The first kappa shape index (κ1) is 25.7. The molecule has 0 radical (unpaired) electrons. The minimum Gasteiger partial charge on any atom is -0.496 e. The average molecular weight is 597 g/mol. The Balaban J connectivity index is 1.97. The molecule has 3 aromatic carbocycles. The Kier molecular flexibility index (Phi) is 7.63. The van der Waals surface area contributed by atoms with E-state index in [1.165, 1.54) is 4.68 Å². The smallest absolute Gasteiger partial charge is 0.282 e. The van der Waals surface area contributed by atoms with Gasteiger partial charge in [-0.3, -0.25) is 4.79 Å². The lowest BCUT2D eigenvalue weighted by Gasteiger charge is -2.17. The molecule has 8 heteroatoms. The Bertz CT molecular complexity index is 1530. The highest BCUT2D eigenvalue weighted by atomic mass is 127. The molecule has 0 spiro atoms. The number of nitrogens with zero attached hydrogens (tertiary/aromatic N) is 3. The molecule has 36 heavy (non-hydrogen) atoms. The van der Waals surface area contributed by atoms with Crippen LogP contribution in [0.2, 0.25) is 0 Å². The van der Waals surface area contributed by atoms with Crippen molar-refractivity contribution in [1.29, 1.82) is 0 Å². The molecule has 0 N–H and O–H groups in total. The summed E-state index contributed by atoms with van der Waals surface area (Å²) in [4.78, 5) is 18.5. The molecule has 0 saturated carbocycles. The lowest BCUT2D eigenvalue weighted by Crippen LogP contribution is -2.20. The number of hydrogen-bond acceptors (Lipinski definition) is 6. The van der Waals surface area contributed by atoms with Crippen LogP contribution in [-0.2, 0) is 0 Å². The molecule has 0 aliphatic heterocycles. The fourth-order valence-corrected chi connectivity index (χ4v) is 4.95. The second-order valence-electron chi connectivity index (χ2n) is 8.62. The van der Waals surface area contributed by atoms with E-state index in [1.54, 1.807) is 33.6 Å². The second-order valence-corrected chi connectivity index (χ2v) is 9.78. The monoisotopic (exact) mass is 597 g/mol. The van der Waals surface area contributed by atoms with Crippen LogP contribution < -0.4 is 19.8 Å². The van der Waals surface area contributed by atoms with Gasteiger partial charge in [0, 0.05) is 5.56 Å². The molecule has 4 rings (SSSR count). The minimum absolute atomic E-state index is 0.220. The van der Waals surface area contributed by atoms with Crippen molar-refractivity contribution in [2.75, 3.05) is 21.3 Å². The Hall–Kier alpha value is -3.40. The zero-order valence-corrected chi connectivity index (χ0v) is 23.3. The van der Waals surface area contributed by atoms with Crippen molar-refractivity contribution in [3.63, 3.8) is 0 Å². The van der Waals surface area contributed by atoms with Crippen molar-refractivity contribution < 1.29 is 14.2 Å². The average Bonchev–Trinajstić information content (AvgIpc) is 2.87. The van der Waals surface area contributed by atoms with Crippen LogP contribution in [0.15, 0.2) is 58.4 Å². The molecule has 1 heterocycles. The van der Waals surface area contributed by atoms with Gasteiger partial charge in [0.25, 0.3) is 5.56 Å². The maximum atomic E-state index is 13.6. The highest BCUT2D eigenvalue weighted by molar-refractivity contribution is 14.1. The van der Waals surface area contributed by atoms with E-state index in [9.17, 15) is 4.79 Å². The highest BCUT2D eigenvalue weighted by Crippen LogP contribution is 2.35. The van der Waals surface area contributed by atoms with E-state index in [2.05, 4.69) is 41.5 Å². The molecule has 1 aromatic heterocycles. The zero-order valence-electron chi connectivity index (χ0n) is 21.1. The van der Waals surface area contributed by atoms with Crippen LogP contribution in [0.25, 0.3) is 22.3 Å². The summed E-state index contributed by atoms with van der Waals surface area (Å²) in [6.07, 6.45) is 1.63. The van der Waals surface area contributed by atoms with Crippen LogP contribution in [0, 0.1) is 10.5 Å². The number of ether oxygens (including phenoxy) is 3. The predicted molar refractivity (Wildman–Crippen MR) is 152 cm³/mol. The Morgan fingerprint density at radius 2 is 1.72 bits per heavy atom. The topological polar surface area (TPSA) is 74.9 Å². The van der Waals surface area contributed by atoms with Crippen molar-refractivity contribution in [1.82, 2.24) is 9.66 Å². The van der Waals surface area contributed by atoms with E-state index in [0.717, 1.165) is 31.6 Å². The van der Waals surface area contributed by atoms with Crippen LogP contribution >= 0.6 is 22.6 Å². The molecule has 0 unspecified atom stereocenters. The third kappa shape index (κ3) is 4.82. The van der Waals surface area contributed by atoms with Crippen molar-refractivity contribution in [2.24, 2.45) is 5.10 Å². The molecule has 0 aliphatic carbocycles. The summed E-state index contributed by atoms with van der Waals surface area (Å²) in [5, 5.41) is 5.11. The molecule has 4 aromatic rings. The number of halogens is 1. The van der Waals surface area contributed by atoms with Gasteiger partial charge < -0.3 is 14.2 Å². The van der Waals surface area contributed by atoms with Gasteiger partial charge in [0.2, 0.25) is 0 Å². The first-order valence-corrected chi connectivity index (χ1v) is 12.5. The van der Waals surface area contributed by atoms with Crippen LogP contribution in [0.5, 0.6) is 17.2 Å². The predicted octanol–water partition coefficient (Wildman–Crippen LogP) is 6.01. The van der Waals surface area contributed by atoms with Crippen LogP contribution in [0.3, 0.4) is 0 Å². The molecular weight excluding hydrogens is 569 g/mol. The number of aromatic nitrogens is 2. The number of rotatable bonds is 7. The van der Waals surface area contributed by atoms with E-state index in [-0.39, 0.29) is 11.5 Å². The largest absolute Gasteiger partial charge is 0.496 e. The lowest BCUT2D eigenvalue weighted by molar-refractivity contribution is 0.353. The number of fused-ring (bicyclic) bond motifs is 1. The fourth-order valence-electron chi connectivity index (χ4n) is 4.11. The summed E-state index contributed by atoms with van der Waals surface area (Å²) in [5.74, 6) is 2.73. The van der Waals surface area contributed by atoms with E-state index < -0.39 is 0 Å². The Morgan fingerprint density at radius 1 is 1.00 bits per heavy atom. The molecule has 0 saturated heterocycles. The Labute approximate surface area is 223 Å². The van der Waals surface area contributed by atoms with Crippen LogP contribution in [-0.4, -0.2) is 37.2 Å². The van der Waals surface area contributed by atoms with Crippen molar-refractivity contribution >= 4 is 39.7 Å². The fraction of sp³-hybridized carbons (Fsp3) is 0.250. The first-order valence-electron chi connectivity index (χ1n) is 11.5. The van der Waals surface area contributed by atoms with Crippen molar-refractivity contribution in [3.05, 3.63) is 79.1 Å². The molecule has 0 aliphatic rings. The van der Waals surface area contributed by atoms with E-state index >= 15 is 0 Å². The van der Waals surface area contributed by atoms with Gasteiger partial charge in [-0.2, -0.15) is 9.78 Å². The molecule has 0 bridgehead atoms. The van der Waals surface area contributed by atoms with Gasteiger partial charge in [-0.25, -0.2) is 4.98 Å². The van der Waals surface area contributed by atoms with Gasteiger partial charge in [-0.05, 0) is 88.5 Å². The van der Waals surface area contributed by atoms with Gasteiger partial charge in [0.1, 0.15) is 5.75 Å². The van der Waals surface area contributed by atoms with Gasteiger partial charge in [-0.15, -0.1) is 0 Å². The summed E-state index contributed by atoms with van der Waals surface area (Å²) in [5.41, 5.74) is 3.92. The van der Waals surface area contributed by atoms with Crippen LogP contribution in [0.4, 0.5) is 0 Å². The van der Waals surface area contributed by atoms with Crippen molar-refractivity contribution in [2.45, 2.75) is 26.7 Å². The SMILES string of the molecule is COc1cc(C)c(-c2nc3ccccc3c(=O)n2N=Cc2cc(I)c(OC)c(OC)c2)cc1C(C)C. The molecule has 186 valence electrons. The number of hydrogen-bond donors (Lipinski definition) is 0. The van der Waals surface area contributed by atoms with Gasteiger partial charge in [0.15, 0.2) is 17.3 Å². The summed E-state index contributed by atoms with van der Waals surface area (Å²) in [6, 6.07) is 15.1. The second kappa shape index (κ2) is 10.7. The molecular formula is C28H28IN3O4. The maximum Gasteiger partial charge on any atom is 0.282 e. The third-order valence-corrected chi connectivity index (χ3v) is 6.77. The quantitative estimate of drug-likeness (QED) is 0.193. The number of para-hydroxylation sites is 1. The van der Waals surface area contributed by atoms with E-state index in [1.807, 2.05) is 49.4 Å². The normalized spacial score (nSPS) is 11.4. The molecule has 7 nitrogen and oxygen atoms in total. The maximum absolute atomic E-state index is 13.6. The lowest BCUT2D eigenvalue weighted by atomic mass is 9.96. The van der Waals surface area contributed by atoms with Gasteiger partial charge >= 0.3 is 0 Å². The van der Waals surface area contributed by atoms with Crippen LogP contribution in [0.1, 0.15) is 36.5 Å². The summed E-state index contributed by atoms with van der Waals surface area (Å²) >= 11 is 2.18. The summed E-state index contributed by atoms with van der Waals surface area (Å²) in [7, 11) is 4.85. The summed E-state index contributed by atoms with van der Waals surface area (Å²) in [6.45, 7) is 6.19.